The molecule has 1 aliphatic rings. The molecule has 4 rings (SSSR count). The number of thiophene rings is 1. The number of benzene rings is 1. The molecule has 11 heteroatoms. The van der Waals surface area contributed by atoms with Gasteiger partial charge in [-0.1, -0.05) is 6.07 Å². The molecule has 0 spiro atoms. The maximum atomic E-state index is 13.9. The first-order chi connectivity index (χ1) is 15.1. The van der Waals surface area contributed by atoms with Gasteiger partial charge in [0.05, 0.1) is 40.5 Å². The molecule has 170 valence electrons. The SMILES string of the molecule is O=C(NCc1cc(-c2cccs2)[nH]n1)c1cc(C(F)(F)F)ccc1N1CCCC(F)(F)C1. The first-order valence-corrected chi connectivity index (χ1v) is 10.7. The van der Waals surface area contributed by atoms with Gasteiger partial charge >= 0.3 is 6.18 Å². The molecule has 0 aliphatic carbocycles. The molecule has 1 aliphatic heterocycles. The lowest BCUT2D eigenvalue weighted by Gasteiger charge is -2.35. The second-order valence-corrected chi connectivity index (χ2v) is 8.49. The van der Waals surface area contributed by atoms with Crippen molar-refractivity contribution < 1.29 is 26.7 Å². The zero-order valence-electron chi connectivity index (χ0n) is 16.7. The summed E-state index contributed by atoms with van der Waals surface area (Å²) >= 11 is 1.50. The largest absolute Gasteiger partial charge is 0.416 e. The highest BCUT2D eigenvalue weighted by Crippen LogP contribution is 2.36. The lowest BCUT2D eigenvalue weighted by molar-refractivity contribution is -0.137. The highest BCUT2D eigenvalue weighted by molar-refractivity contribution is 7.13. The van der Waals surface area contributed by atoms with E-state index in [0.717, 1.165) is 22.7 Å². The van der Waals surface area contributed by atoms with Crippen LogP contribution in [0.15, 0.2) is 41.8 Å². The lowest BCUT2D eigenvalue weighted by Crippen LogP contribution is -2.43. The summed E-state index contributed by atoms with van der Waals surface area (Å²) in [6.07, 6.45) is -4.79. The predicted molar refractivity (Wildman–Crippen MR) is 111 cm³/mol. The Bertz CT molecular complexity index is 1090. The number of halogens is 5. The maximum absolute atomic E-state index is 13.9. The number of carbonyl (C=O) groups is 1. The van der Waals surface area contributed by atoms with Crippen LogP contribution >= 0.6 is 11.3 Å². The summed E-state index contributed by atoms with van der Waals surface area (Å²) in [7, 11) is 0. The van der Waals surface area contributed by atoms with Gasteiger partial charge in [-0.2, -0.15) is 18.3 Å². The van der Waals surface area contributed by atoms with Gasteiger partial charge in [-0.25, -0.2) is 8.78 Å². The van der Waals surface area contributed by atoms with Crippen LogP contribution in [0.1, 0.15) is 34.5 Å². The molecule has 0 saturated carbocycles. The average molecular weight is 470 g/mol. The van der Waals surface area contributed by atoms with Crippen LogP contribution in [0.2, 0.25) is 0 Å². The van der Waals surface area contributed by atoms with Gasteiger partial charge in [0.15, 0.2) is 0 Å². The topological polar surface area (TPSA) is 61.0 Å². The summed E-state index contributed by atoms with van der Waals surface area (Å²) in [6.45, 7) is -0.459. The molecule has 0 atom stereocenters. The summed E-state index contributed by atoms with van der Waals surface area (Å²) < 4.78 is 67.5. The molecule has 1 amide bonds. The molecule has 1 fully saturated rings. The van der Waals surface area contributed by atoms with Crippen LogP contribution < -0.4 is 10.2 Å². The molecule has 0 bridgehead atoms. The number of alkyl halides is 5. The molecule has 0 unspecified atom stereocenters. The number of amides is 1. The zero-order valence-corrected chi connectivity index (χ0v) is 17.5. The Morgan fingerprint density at radius 2 is 2.06 bits per heavy atom. The minimum atomic E-state index is -4.67. The molecule has 3 aromatic rings. The number of hydrogen-bond acceptors (Lipinski definition) is 4. The van der Waals surface area contributed by atoms with E-state index in [1.807, 2.05) is 17.5 Å². The number of anilines is 1. The van der Waals surface area contributed by atoms with Crippen molar-refractivity contribution in [2.24, 2.45) is 0 Å². The van der Waals surface area contributed by atoms with Crippen LogP contribution in [0.5, 0.6) is 0 Å². The van der Waals surface area contributed by atoms with E-state index in [-0.39, 0.29) is 37.2 Å². The van der Waals surface area contributed by atoms with Crippen molar-refractivity contribution in [2.45, 2.75) is 31.5 Å². The van der Waals surface area contributed by atoms with Crippen LogP contribution in [0, 0.1) is 0 Å². The van der Waals surface area contributed by atoms with Crippen molar-refractivity contribution in [2.75, 3.05) is 18.0 Å². The van der Waals surface area contributed by atoms with E-state index in [1.165, 1.54) is 16.2 Å². The first-order valence-electron chi connectivity index (χ1n) is 9.83. The van der Waals surface area contributed by atoms with E-state index in [1.54, 1.807) is 6.07 Å². The Morgan fingerprint density at radius 3 is 2.75 bits per heavy atom. The van der Waals surface area contributed by atoms with E-state index >= 15 is 0 Å². The normalized spacial score (nSPS) is 16.2. The van der Waals surface area contributed by atoms with E-state index < -0.39 is 30.1 Å². The standard InChI is InChI=1S/C21H19F5N4OS/c22-20(23)6-2-7-30(12-20)17-5-4-13(21(24,25)26)9-15(17)19(31)27-11-14-10-16(29-28-14)18-3-1-8-32-18/h1,3-5,8-10H,2,6-7,11-12H2,(H,27,31)(H,28,29). The van der Waals surface area contributed by atoms with Gasteiger partial charge in [0.1, 0.15) is 0 Å². The van der Waals surface area contributed by atoms with Crippen LogP contribution in [0.25, 0.3) is 10.6 Å². The number of nitrogens with one attached hydrogen (secondary N) is 2. The summed E-state index contributed by atoms with van der Waals surface area (Å²) in [5.41, 5.74) is -0.0306. The smallest absolute Gasteiger partial charge is 0.365 e. The highest BCUT2D eigenvalue weighted by Gasteiger charge is 2.37. The first kappa shape index (κ1) is 22.3. The van der Waals surface area contributed by atoms with Crippen molar-refractivity contribution in [1.82, 2.24) is 15.5 Å². The summed E-state index contributed by atoms with van der Waals surface area (Å²) in [6, 6.07) is 8.09. The van der Waals surface area contributed by atoms with Gasteiger partial charge in [0.2, 0.25) is 0 Å². The molecule has 3 heterocycles. The minimum Gasteiger partial charge on any atom is -0.365 e. The van der Waals surface area contributed by atoms with Gasteiger partial charge < -0.3 is 10.2 Å². The molecule has 0 radical (unpaired) electrons. The summed E-state index contributed by atoms with van der Waals surface area (Å²) in [5, 5.41) is 11.4. The van der Waals surface area contributed by atoms with Gasteiger partial charge in [0.25, 0.3) is 11.8 Å². The Hall–Kier alpha value is -2.95. The molecule has 2 aromatic heterocycles. The number of aromatic nitrogens is 2. The minimum absolute atomic E-state index is 0.0352. The van der Waals surface area contributed by atoms with Crippen molar-refractivity contribution in [3.8, 4) is 10.6 Å². The average Bonchev–Trinajstić information content (AvgIpc) is 3.42. The fourth-order valence-corrected chi connectivity index (χ4v) is 4.31. The molecule has 2 N–H and O–H groups in total. The highest BCUT2D eigenvalue weighted by atomic mass is 32.1. The Kier molecular flexibility index (Phi) is 5.93. The number of piperidine rings is 1. The fraction of sp³-hybridized carbons (Fsp3) is 0.333. The molecular weight excluding hydrogens is 451 g/mol. The Labute approximate surface area is 184 Å². The molecular formula is C21H19F5N4OS. The number of hydrogen-bond donors (Lipinski definition) is 2. The Balaban J connectivity index is 1.56. The number of carbonyl (C=O) groups excluding carboxylic acids is 1. The second-order valence-electron chi connectivity index (χ2n) is 7.54. The van der Waals surface area contributed by atoms with E-state index in [9.17, 15) is 26.7 Å². The van der Waals surface area contributed by atoms with Crippen LogP contribution in [0.3, 0.4) is 0 Å². The summed E-state index contributed by atoms with van der Waals surface area (Å²) in [4.78, 5) is 15.0. The van der Waals surface area contributed by atoms with Gasteiger partial charge in [-0.3, -0.25) is 9.89 Å². The van der Waals surface area contributed by atoms with E-state index in [0.29, 0.717) is 11.8 Å². The summed E-state index contributed by atoms with van der Waals surface area (Å²) in [5.74, 6) is -3.76. The third-order valence-electron chi connectivity index (χ3n) is 5.15. The number of H-pyrrole nitrogens is 1. The molecule has 5 nitrogen and oxygen atoms in total. The molecule has 1 aromatic carbocycles. The maximum Gasteiger partial charge on any atom is 0.416 e. The van der Waals surface area contributed by atoms with Crippen molar-refractivity contribution >= 4 is 22.9 Å². The van der Waals surface area contributed by atoms with Gasteiger partial charge in [-0.15, -0.1) is 11.3 Å². The molecule has 32 heavy (non-hydrogen) atoms. The van der Waals surface area contributed by atoms with Crippen LogP contribution in [-0.2, 0) is 12.7 Å². The third-order valence-corrected chi connectivity index (χ3v) is 6.05. The van der Waals surface area contributed by atoms with E-state index in [4.69, 9.17) is 0 Å². The lowest BCUT2D eigenvalue weighted by atomic mass is 10.0. The quantitative estimate of drug-likeness (QED) is 0.496. The van der Waals surface area contributed by atoms with Gasteiger partial charge in [-0.05, 0) is 42.1 Å². The number of rotatable bonds is 5. The van der Waals surface area contributed by atoms with Gasteiger partial charge in [0, 0.05) is 18.7 Å². The Morgan fingerprint density at radius 1 is 1.25 bits per heavy atom. The monoisotopic (exact) mass is 470 g/mol. The van der Waals surface area contributed by atoms with Crippen LogP contribution in [-0.4, -0.2) is 35.1 Å². The van der Waals surface area contributed by atoms with Crippen molar-refractivity contribution in [3.63, 3.8) is 0 Å². The van der Waals surface area contributed by atoms with Crippen LogP contribution in [0.4, 0.5) is 27.6 Å². The van der Waals surface area contributed by atoms with E-state index in [2.05, 4.69) is 15.5 Å². The zero-order chi connectivity index (χ0) is 22.9. The fourth-order valence-electron chi connectivity index (χ4n) is 3.62. The number of aromatic amines is 1. The van der Waals surface area contributed by atoms with Crippen molar-refractivity contribution in [3.05, 3.63) is 58.6 Å². The van der Waals surface area contributed by atoms with Crippen molar-refractivity contribution in [1.29, 1.82) is 0 Å². The second kappa shape index (κ2) is 8.53. The number of nitrogens with zero attached hydrogens (tertiary/aromatic N) is 2. The molecule has 1 saturated heterocycles. The predicted octanol–water partition coefficient (Wildman–Crippen LogP) is 5.32. The third kappa shape index (κ3) is 4.93.